The summed E-state index contributed by atoms with van der Waals surface area (Å²) in [4.78, 5) is 13.5. The molecule has 0 spiro atoms. The number of alkyl halides is 1. The maximum absolute atomic E-state index is 11.7. The van der Waals surface area contributed by atoms with Crippen LogP contribution in [0.2, 0.25) is 0 Å². The third-order valence-corrected chi connectivity index (χ3v) is 3.13. The topological polar surface area (TPSA) is 33.5 Å². The van der Waals surface area contributed by atoms with Gasteiger partial charge >= 0.3 is 0 Å². The van der Waals surface area contributed by atoms with Crippen molar-refractivity contribution in [2.45, 2.75) is 32.7 Å². The van der Waals surface area contributed by atoms with Gasteiger partial charge in [0.1, 0.15) is 5.76 Å². The quantitative estimate of drug-likeness (QED) is 0.595. The minimum absolute atomic E-state index is 0.196. The molecule has 0 atom stereocenters. The molecule has 90 valence electrons. The first-order valence-electron chi connectivity index (χ1n) is 5.48. The lowest BCUT2D eigenvalue weighted by atomic mass is 10.2. The Balaban J connectivity index is 2.37. The first-order chi connectivity index (χ1) is 7.65. The maximum Gasteiger partial charge on any atom is 0.222 e. The number of carbonyl (C=O) groups is 1. The highest BCUT2D eigenvalue weighted by molar-refractivity contribution is 9.09. The highest BCUT2D eigenvalue weighted by Crippen LogP contribution is 2.12. The second-order valence-electron chi connectivity index (χ2n) is 3.90. The molecule has 16 heavy (non-hydrogen) atoms. The normalized spacial score (nSPS) is 10.4. The van der Waals surface area contributed by atoms with Crippen LogP contribution in [0.3, 0.4) is 0 Å². The van der Waals surface area contributed by atoms with Crippen LogP contribution < -0.4 is 0 Å². The van der Waals surface area contributed by atoms with Gasteiger partial charge in [0.05, 0.1) is 6.26 Å². The van der Waals surface area contributed by atoms with Gasteiger partial charge in [0.25, 0.3) is 0 Å². The zero-order valence-corrected chi connectivity index (χ0v) is 11.4. The van der Waals surface area contributed by atoms with Crippen molar-refractivity contribution < 1.29 is 9.21 Å². The predicted molar refractivity (Wildman–Crippen MR) is 67.6 cm³/mol. The summed E-state index contributed by atoms with van der Waals surface area (Å²) in [6, 6.07) is 1.91. The van der Waals surface area contributed by atoms with Crippen LogP contribution in [-0.4, -0.2) is 23.2 Å². The van der Waals surface area contributed by atoms with Crippen molar-refractivity contribution in [3.05, 3.63) is 23.7 Å². The summed E-state index contributed by atoms with van der Waals surface area (Å²) >= 11 is 3.36. The number of amides is 1. The molecule has 1 rings (SSSR count). The molecule has 4 heteroatoms. The summed E-state index contributed by atoms with van der Waals surface area (Å²) < 4.78 is 5.20. The number of unbranched alkanes of at least 4 members (excludes halogenated alkanes) is 1. The van der Waals surface area contributed by atoms with E-state index in [2.05, 4.69) is 15.9 Å². The van der Waals surface area contributed by atoms with E-state index in [9.17, 15) is 4.79 Å². The fourth-order valence-electron chi connectivity index (χ4n) is 1.48. The van der Waals surface area contributed by atoms with Gasteiger partial charge in [-0.25, -0.2) is 0 Å². The minimum Gasteiger partial charge on any atom is -0.469 e. The highest BCUT2D eigenvalue weighted by Gasteiger charge is 2.11. The van der Waals surface area contributed by atoms with Crippen LogP contribution in [0.15, 0.2) is 16.7 Å². The molecule has 1 aromatic rings. The second kappa shape index (κ2) is 6.74. The minimum atomic E-state index is 0.196. The van der Waals surface area contributed by atoms with Crippen molar-refractivity contribution in [3.63, 3.8) is 0 Å². The van der Waals surface area contributed by atoms with Crippen molar-refractivity contribution >= 4 is 21.8 Å². The molecular formula is C12H18BrNO2. The van der Waals surface area contributed by atoms with E-state index in [0.29, 0.717) is 13.0 Å². The lowest BCUT2D eigenvalue weighted by molar-refractivity contribution is -0.130. The van der Waals surface area contributed by atoms with Gasteiger partial charge < -0.3 is 9.32 Å². The van der Waals surface area contributed by atoms with E-state index in [1.54, 1.807) is 11.2 Å². The molecule has 0 aliphatic heterocycles. The number of hydrogen-bond acceptors (Lipinski definition) is 2. The van der Waals surface area contributed by atoms with E-state index >= 15 is 0 Å². The average molecular weight is 288 g/mol. The van der Waals surface area contributed by atoms with Gasteiger partial charge in [-0.1, -0.05) is 15.9 Å². The molecule has 0 unspecified atom stereocenters. The maximum atomic E-state index is 11.7. The first-order valence-corrected chi connectivity index (χ1v) is 6.60. The summed E-state index contributed by atoms with van der Waals surface area (Å²) in [6.45, 7) is 2.55. The fraction of sp³-hybridized carbons (Fsp3) is 0.583. The molecule has 0 aliphatic rings. The van der Waals surface area contributed by atoms with Crippen LogP contribution in [0.5, 0.6) is 0 Å². The smallest absolute Gasteiger partial charge is 0.222 e. The van der Waals surface area contributed by atoms with E-state index in [-0.39, 0.29) is 5.91 Å². The number of furan rings is 1. The SMILES string of the molecule is Cc1occc1CN(C)C(=O)CCCCBr. The Hall–Kier alpha value is -0.770. The second-order valence-corrected chi connectivity index (χ2v) is 4.69. The molecule has 1 aromatic heterocycles. The molecule has 3 nitrogen and oxygen atoms in total. The van der Waals surface area contributed by atoms with Crippen molar-refractivity contribution in [2.75, 3.05) is 12.4 Å². The Kier molecular flexibility index (Phi) is 5.60. The predicted octanol–water partition coefficient (Wildman–Crippen LogP) is 3.11. The highest BCUT2D eigenvalue weighted by atomic mass is 79.9. The van der Waals surface area contributed by atoms with Gasteiger partial charge in [0.15, 0.2) is 0 Å². The average Bonchev–Trinajstić information content (AvgIpc) is 2.64. The van der Waals surface area contributed by atoms with E-state index in [1.807, 2.05) is 20.0 Å². The van der Waals surface area contributed by atoms with Gasteiger partial charge in [0.2, 0.25) is 5.91 Å². The molecule has 0 aromatic carbocycles. The Morgan fingerprint density at radius 2 is 2.25 bits per heavy atom. The van der Waals surface area contributed by atoms with Crippen molar-refractivity contribution in [1.29, 1.82) is 0 Å². The zero-order valence-electron chi connectivity index (χ0n) is 9.83. The van der Waals surface area contributed by atoms with E-state index in [1.165, 1.54) is 0 Å². The first kappa shape index (κ1) is 13.3. The largest absolute Gasteiger partial charge is 0.469 e. The summed E-state index contributed by atoms with van der Waals surface area (Å²) in [6.07, 6.45) is 4.27. The van der Waals surface area contributed by atoms with Crippen LogP contribution in [0.4, 0.5) is 0 Å². The molecule has 1 amide bonds. The molecule has 0 fully saturated rings. The Morgan fingerprint density at radius 3 is 2.81 bits per heavy atom. The third-order valence-electron chi connectivity index (χ3n) is 2.57. The standard InChI is InChI=1S/C12H18BrNO2/c1-10-11(6-8-16-10)9-14(2)12(15)5-3-4-7-13/h6,8H,3-5,7,9H2,1-2H3. The van der Waals surface area contributed by atoms with Crippen LogP contribution in [0.25, 0.3) is 0 Å². The summed E-state index contributed by atoms with van der Waals surface area (Å²) in [7, 11) is 1.84. The van der Waals surface area contributed by atoms with Gasteiger partial charge in [-0.05, 0) is 25.8 Å². The lowest BCUT2D eigenvalue weighted by Crippen LogP contribution is -2.25. The van der Waals surface area contributed by atoms with E-state index in [0.717, 1.165) is 29.5 Å². The van der Waals surface area contributed by atoms with E-state index < -0.39 is 0 Å². The Morgan fingerprint density at radius 1 is 1.50 bits per heavy atom. The van der Waals surface area contributed by atoms with Crippen LogP contribution in [0, 0.1) is 6.92 Å². The Bertz CT molecular complexity index is 336. The molecule has 0 N–H and O–H groups in total. The van der Waals surface area contributed by atoms with Crippen molar-refractivity contribution in [2.24, 2.45) is 0 Å². The Labute approximate surface area is 105 Å². The van der Waals surface area contributed by atoms with Crippen molar-refractivity contribution in [1.82, 2.24) is 4.90 Å². The third kappa shape index (κ3) is 4.00. The molecule has 0 saturated carbocycles. The summed E-state index contributed by atoms with van der Waals surface area (Å²) in [5, 5.41) is 0.963. The summed E-state index contributed by atoms with van der Waals surface area (Å²) in [5.74, 6) is 1.08. The number of rotatable bonds is 6. The van der Waals surface area contributed by atoms with E-state index in [4.69, 9.17) is 4.42 Å². The molecule has 0 aliphatic carbocycles. The van der Waals surface area contributed by atoms with Gasteiger partial charge in [-0.15, -0.1) is 0 Å². The van der Waals surface area contributed by atoms with Gasteiger partial charge in [-0.3, -0.25) is 4.79 Å². The summed E-state index contributed by atoms with van der Waals surface area (Å²) in [5.41, 5.74) is 1.08. The van der Waals surface area contributed by atoms with Crippen LogP contribution in [-0.2, 0) is 11.3 Å². The molecular weight excluding hydrogens is 270 g/mol. The van der Waals surface area contributed by atoms with Gasteiger partial charge in [-0.2, -0.15) is 0 Å². The fourth-order valence-corrected chi connectivity index (χ4v) is 1.88. The number of aryl methyl sites for hydroxylation is 1. The van der Waals surface area contributed by atoms with Gasteiger partial charge in [0, 0.05) is 30.9 Å². The lowest BCUT2D eigenvalue weighted by Gasteiger charge is -2.16. The number of carbonyl (C=O) groups excluding carboxylic acids is 1. The number of halogens is 1. The molecule has 1 heterocycles. The number of hydrogen-bond donors (Lipinski definition) is 0. The van der Waals surface area contributed by atoms with Crippen molar-refractivity contribution in [3.8, 4) is 0 Å². The zero-order chi connectivity index (χ0) is 12.0. The van der Waals surface area contributed by atoms with Crippen LogP contribution >= 0.6 is 15.9 Å². The number of nitrogens with zero attached hydrogens (tertiary/aromatic N) is 1. The molecule has 0 radical (unpaired) electrons. The van der Waals surface area contributed by atoms with Crippen LogP contribution in [0.1, 0.15) is 30.6 Å². The molecule has 0 saturated heterocycles. The molecule has 0 bridgehead atoms. The monoisotopic (exact) mass is 287 g/mol.